The number of carbonyl (C=O) groups excluding carboxylic acids is 2. The van der Waals surface area contributed by atoms with E-state index in [4.69, 9.17) is 28.8 Å². The average Bonchev–Trinajstić information content (AvgIpc) is 3.09. The molecule has 8 rings (SSSR count). The lowest BCUT2D eigenvalue weighted by Gasteiger charge is -2.42. The zero-order valence-corrected chi connectivity index (χ0v) is 32.7. The summed E-state index contributed by atoms with van der Waals surface area (Å²) < 4.78 is 24.6. The predicted molar refractivity (Wildman–Crippen MR) is 205 cm³/mol. The van der Waals surface area contributed by atoms with Crippen LogP contribution in [0.15, 0.2) is 34.5 Å². The van der Waals surface area contributed by atoms with Crippen molar-refractivity contribution in [2.45, 2.75) is 117 Å². The molecule has 0 radical (unpaired) electrons. The van der Waals surface area contributed by atoms with Gasteiger partial charge < -0.3 is 39.2 Å². The maximum Gasteiger partial charge on any atom is 0.300 e. The summed E-state index contributed by atoms with van der Waals surface area (Å²) in [6.07, 6.45) is 3.36. The number of hydrazone groups is 2. The van der Waals surface area contributed by atoms with Crippen LogP contribution in [0.3, 0.4) is 0 Å². The molecule has 1 aliphatic carbocycles. The summed E-state index contributed by atoms with van der Waals surface area (Å²) in [5.41, 5.74) is 8.77. The lowest BCUT2D eigenvalue weighted by Crippen LogP contribution is -2.61. The lowest BCUT2D eigenvalue weighted by atomic mass is 9.81. The number of hydrogen-bond donors (Lipinski definition) is 4. The SMILES string of the molecule is CC(=O)O.CC(C)c1cc2c(cc1OC1(C)CCC1)N1C(=NNC(=O)C1C)CO2.CC(C)c1cc2c(cc1OC1(C)CNC1)N1C(=NNC(=O)C1C)CO2. The highest BCUT2D eigenvalue weighted by Crippen LogP contribution is 2.46. The van der Waals surface area contributed by atoms with Crippen molar-refractivity contribution in [3.05, 3.63) is 35.4 Å². The molecule has 0 aromatic heterocycles. The minimum absolute atomic E-state index is 0.0881. The number of anilines is 2. The molecule has 1 saturated carbocycles. The highest BCUT2D eigenvalue weighted by atomic mass is 16.5. The fraction of sp³-hybridized carbons (Fsp3) is 0.564. The molecule has 15 heteroatoms. The molecule has 5 aliphatic heterocycles. The molecule has 292 valence electrons. The number of nitrogens with one attached hydrogen (secondary N) is 3. The van der Waals surface area contributed by atoms with Crippen LogP contribution >= 0.6 is 0 Å². The van der Waals surface area contributed by atoms with Crippen LogP contribution in [0.2, 0.25) is 0 Å². The number of carboxylic acids is 1. The van der Waals surface area contributed by atoms with Gasteiger partial charge in [0.2, 0.25) is 0 Å². The van der Waals surface area contributed by atoms with Crippen LogP contribution in [0.4, 0.5) is 11.4 Å². The van der Waals surface area contributed by atoms with Crippen LogP contribution in [-0.4, -0.2) is 84.2 Å². The van der Waals surface area contributed by atoms with Gasteiger partial charge in [-0.1, -0.05) is 27.7 Å². The Bertz CT molecular complexity index is 1740. The normalized spacial score (nSPS) is 22.4. The number of fused-ring (bicyclic) bond motifs is 6. The van der Waals surface area contributed by atoms with E-state index in [0.29, 0.717) is 30.9 Å². The fourth-order valence-corrected chi connectivity index (χ4v) is 7.07. The third kappa shape index (κ3) is 7.77. The molecule has 1 saturated heterocycles. The standard InChI is InChI=1S/C19H25N3O3.C18H24N4O3.C2H4O2/c1-11(2)13-8-16-14(9-15(13)25-19(4)6-5-7-19)22-12(3)18(23)21-20-17(22)10-24-16;1-10(2)12-5-15-13(6-14(12)25-18(4)8-19-9-18)22-11(3)17(23)21-20-16(22)7-24-15;1-2(3)4/h8-9,11-12H,5-7,10H2,1-4H3,(H,21,23);5-6,10-11,19H,7-9H2,1-4H3,(H,21,23);1H3,(H,3,4). The van der Waals surface area contributed by atoms with Crippen LogP contribution in [0, 0.1) is 0 Å². The first-order chi connectivity index (χ1) is 25.5. The summed E-state index contributed by atoms with van der Waals surface area (Å²) in [7, 11) is 0. The highest BCUT2D eigenvalue weighted by Gasteiger charge is 2.40. The number of nitrogens with zero attached hydrogens (tertiary/aromatic N) is 4. The minimum Gasteiger partial charge on any atom is -0.487 e. The summed E-state index contributed by atoms with van der Waals surface area (Å²) >= 11 is 0. The molecular weight excluding hydrogens is 694 g/mol. The first-order valence-electron chi connectivity index (χ1n) is 18.7. The van der Waals surface area contributed by atoms with Gasteiger partial charge in [-0.2, -0.15) is 10.2 Å². The van der Waals surface area contributed by atoms with E-state index < -0.39 is 5.97 Å². The zero-order chi connectivity index (χ0) is 39.1. The van der Waals surface area contributed by atoms with Crippen molar-refractivity contribution in [1.29, 1.82) is 0 Å². The van der Waals surface area contributed by atoms with Crippen molar-refractivity contribution in [3.63, 3.8) is 0 Å². The minimum atomic E-state index is -0.833. The number of benzene rings is 2. The zero-order valence-electron chi connectivity index (χ0n) is 32.7. The summed E-state index contributed by atoms with van der Waals surface area (Å²) in [4.78, 5) is 37.0. The fourth-order valence-electron chi connectivity index (χ4n) is 7.07. The van der Waals surface area contributed by atoms with E-state index in [1.165, 1.54) is 6.42 Å². The van der Waals surface area contributed by atoms with Crippen LogP contribution in [0.1, 0.15) is 105 Å². The Labute approximate surface area is 316 Å². The molecule has 2 amide bonds. The topological polar surface area (TPSA) is 176 Å². The van der Waals surface area contributed by atoms with Gasteiger partial charge in [-0.05, 0) is 70.9 Å². The molecule has 2 aromatic rings. The van der Waals surface area contributed by atoms with E-state index in [1.807, 2.05) is 41.8 Å². The molecule has 2 fully saturated rings. The maximum absolute atomic E-state index is 12.1. The van der Waals surface area contributed by atoms with Crippen molar-refractivity contribution in [3.8, 4) is 23.0 Å². The van der Waals surface area contributed by atoms with Crippen molar-refractivity contribution < 1.29 is 38.4 Å². The van der Waals surface area contributed by atoms with Gasteiger partial charge in [-0.3, -0.25) is 14.4 Å². The number of rotatable bonds is 6. The van der Waals surface area contributed by atoms with E-state index in [0.717, 1.165) is 84.2 Å². The lowest BCUT2D eigenvalue weighted by molar-refractivity contribution is -0.134. The second-order valence-electron chi connectivity index (χ2n) is 15.8. The molecule has 2 unspecified atom stereocenters. The van der Waals surface area contributed by atoms with Gasteiger partial charge in [0.05, 0.1) is 11.4 Å². The first kappa shape index (κ1) is 38.7. The third-order valence-corrected chi connectivity index (χ3v) is 10.5. The Kier molecular flexibility index (Phi) is 10.7. The van der Waals surface area contributed by atoms with Gasteiger partial charge in [0.15, 0.2) is 11.7 Å². The van der Waals surface area contributed by atoms with Crippen molar-refractivity contribution in [1.82, 2.24) is 16.2 Å². The molecule has 0 spiro atoms. The number of hydrogen-bond acceptors (Lipinski definition) is 12. The summed E-state index contributed by atoms with van der Waals surface area (Å²) in [5, 5.41) is 19.0. The smallest absolute Gasteiger partial charge is 0.300 e. The monoisotopic (exact) mass is 747 g/mol. The van der Waals surface area contributed by atoms with E-state index in [-0.39, 0.29) is 35.1 Å². The van der Waals surface area contributed by atoms with Crippen LogP contribution < -0.4 is 44.9 Å². The molecule has 0 bridgehead atoms. The molecule has 4 N–H and O–H groups in total. The van der Waals surface area contributed by atoms with Gasteiger partial charge in [0.1, 0.15) is 59.5 Å². The number of carboxylic acid groups (broad SMARTS) is 1. The second-order valence-corrected chi connectivity index (χ2v) is 15.8. The van der Waals surface area contributed by atoms with Gasteiger partial charge in [-0.15, -0.1) is 0 Å². The van der Waals surface area contributed by atoms with Crippen LogP contribution in [-0.2, 0) is 14.4 Å². The summed E-state index contributed by atoms with van der Waals surface area (Å²) in [5.74, 6) is 4.28. The van der Waals surface area contributed by atoms with E-state index in [9.17, 15) is 9.59 Å². The number of aliphatic carboxylic acids is 1. The van der Waals surface area contributed by atoms with E-state index >= 15 is 0 Å². The number of ether oxygens (including phenoxy) is 4. The molecule has 5 heterocycles. The highest BCUT2D eigenvalue weighted by molar-refractivity contribution is 6.10. The Hall–Kier alpha value is -5.05. The average molecular weight is 748 g/mol. The number of carbonyl (C=O) groups is 3. The molecule has 15 nitrogen and oxygen atoms in total. The van der Waals surface area contributed by atoms with Crippen LogP contribution in [0.5, 0.6) is 23.0 Å². The molecule has 6 aliphatic rings. The number of amides is 2. The first-order valence-corrected chi connectivity index (χ1v) is 18.7. The largest absolute Gasteiger partial charge is 0.487 e. The van der Waals surface area contributed by atoms with Gasteiger partial charge in [0.25, 0.3) is 17.8 Å². The quantitative estimate of drug-likeness (QED) is 0.319. The molecular formula is C39H53N7O8. The van der Waals surface area contributed by atoms with Gasteiger partial charge in [-0.25, -0.2) is 10.9 Å². The Morgan fingerprint density at radius 1 is 0.796 bits per heavy atom. The Morgan fingerprint density at radius 2 is 1.20 bits per heavy atom. The van der Waals surface area contributed by atoms with Crippen molar-refractivity contribution in [2.24, 2.45) is 10.2 Å². The number of amidine groups is 2. The third-order valence-electron chi connectivity index (χ3n) is 10.5. The van der Waals surface area contributed by atoms with Gasteiger partial charge >= 0.3 is 0 Å². The second kappa shape index (κ2) is 15.0. The van der Waals surface area contributed by atoms with Gasteiger partial charge in [0, 0.05) is 43.3 Å². The summed E-state index contributed by atoms with van der Waals surface area (Å²) in [6, 6.07) is 7.46. The van der Waals surface area contributed by atoms with E-state index in [1.54, 1.807) is 0 Å². The van der Waals surface area contributed by atoms with E-state index in [2.05, 4.69) is 74.0 Å². The molecule has 2 aromatic carbocycles. The maximum atomic E-state index is 12.1. The molecule has 2 atom stereocenters. The van der Waals surface area contributed by atoms with Crippen molar-refractivity contribution >= 4 is 40.8 Å². The Morgan fingerprint density at radius 3 is 1.54 bits per heavy atom. The molecule has 54 heavy (non-hydrogen) atoms. The van der Waals surface area contributed by atoms with Crippen LogP contribution in [0.25, 0.3) is 0 Å². The summed E-state index contributed by atoms with van der Waals surface area (Å²) in [6.45, 7) is 20.1. The van der Waals surface area contributed by atoms with Crippen molar-refractivity contribution in [2.75, 3.05) is 36.1 Å². The predicted octanol–water partition coefficient (Wildman–Crippen LogP) is 4.83. The Balaban J connectivity index is 0.000000168.